The number of rotatable bonds is 20. The predicted octanol–water partition coefficient (Wildman–Crippen LogP) is 4.65. The van der Waals surface area contributed by atoms with E-state index in [4.69, 9.17) is 14.5 Å². The minimum absolute atomic E-state index is 0.118. The average Bonchev–Trinajstić information content (AvgIpc) is 3.64. The molecule has 0 aliphatic carbocycles. The summed E-state index contributed by atoms with van der Waals surface area (Å²) in [6.07, 6.45) is 14.5. The first-order valence-corrected chi connectivity index (χ1v) is 15.4. The number of unbranched alkanes of at least 4 members (excludes halogenated alkanes) is 1. The predicted molar refractivity (Wildman–Crippen MR) is 165 cm³/mol. The van der Waals surface area contributed by atoms with Gasteiger partial charge < -0.3 is 30.1 Å². The first-order chi connectivity index (χ1) is 19.8. The molecule has 2 aliphatic rings. The van der Waals surface area contributed by atoms with Gasteiger partial charge in [-0.2, -0.15) is 12.5 Å². The van der Waals surface area contributed by atoms with Gasteiger partial charge in [-0.1, -0.05) is 44.9 Å². The summed E-state index contributed by atoms with van der Waals surface area (Å²) in [5.74, 6) is 1.75. The summed E-state index contributed by atoms with van der Waals surface area (Å²) in [6.45, 7) is 9.87. The van der Waals surface area contributed by atoms with Crippen LogP contribution in [0.2, 0.25) is 0 Å². The number of nitrogens with one attached hydrogen (secondary N) is 2. The summed E-state index contributed by atoms with van der Waals surface area (Å²) >= 11 is 0. The van der Waals surface area contributed by atoms with Crippen molar-refractivity contribution in [3.63, 3.8) is 0 Å². The molecule has 0 radical (unpaired) electrons. The van der Waals surface area contributed by atoms with Crippen molar-refractivity contribution in [2.24, 2.45) is 10.9 Å². The molecule has 5 N–H and O–H groups in total. The van der Waals surface area contributed by atoms with Crippen molar-refractivity contribution in [2.45, 2.75) is 96.9 Å². The minimum Gasteiger partial charge on any atom is -0.592 e. The quantitative estimate of drug-likeness (QED) is 0.145. The third kappa shape index (κ3) is 10.6. The molecule has 41 heavy (non-hydrogen) atoms. The lowest BCUT2D eigenvalue weighted by atomic mass is 9.89. The second kappa shape index (κ2) is 17.3. The van der Waals surface area contributed by atoms with E-state index in [0.717, 1.165) is 55.2 Å². The fourth-order valence-corrected chi connectivity index (χ4v) is 5.18. The van der Waals surface area contributed by atoms with Crippen LogP contribution in [0.15, 0.2) is 46.7 Å². The maximum absolute atomic E-state index is 10.5. The SMILES string of the molecule is CCCCC1[CH-]C=C(CCc2ccc(O)c(OC[C@H](NCC)[C+]3C=C([C@H](C)[C@H](CCCO)NC[C@H](C)O)C=N3)c2)O1. The zero-order valence-electron chi connectivity index (χ0n) is 25.3. The summed E-state index contributed by atoms with van der Waals surface area (Å²) in [5.41, 5.74) is 2.19. The molecule has 3 rings (SSSR count). The van der Waals surface area contributed by atoms with Gasteiger partial charge in [0.25, 0.3) is 0 Å². The summed E-state index contributed by atoms with van der Waals surface area (Å²) in [6, 6.07) is 6.41. The molecule has 1 aromatic rings. The number of hydrogen-bond acceptors (Lipinski definition) is 8. The van der Waals surface area contributed by atoms with Gasteiger partial charge in [0.2, 0.25) is 0 Å². The lowest BCUT2D eigenvalue weighted by molar-refractivity contribution is 0.147. The Morgan fingerprint density at radius 1 is 1.17 bits per heavy atom. The second-order valence-corrected chi connectivity index (χ2v) is 11.2. The molecule has 0 saturated heterocycles. The summed E-state index contributed by atoms with van der Waals surface area (Å²) < 4.78 is 12.2. The van der Waals surface area contributed by atoms with Crippen molar-refractivity contribution in [3.8, 4) is 11.5 Å². The zero-order valence-corrected chi connectivity index (χ0v) is 25.3. The molecule has 8 heteroatoms. The summed E-state index contributed by atoms with van der Waals surface area (Å²) in [4.78, 5) is 4.71. The monoisotopic (exact) mass is 569 g/mol. The highest BCUT2D eigenvalue weighted by Gasteiger charge is 2.35. The van der Waals surface area contributed by atoms with Gasteiger partial charge in [-0.25, -0.2) is 0 Å². The average molecular weight is 570 g/mol. The normalized spacial score (nSPS) is 19.3. The van der Waals surface area contributed by atoms with E-state index >= 15 is 0 Å². The molecule has 1 unspecified atom stereocenters. The number of aryl methyl sites for hydroxylation is 1. The van der Waals surface area contributed by atoms with Crippen LogP contribution in [-0.2, 0) is 11.2 Å². The van der Waals surface area contributed by atoms with E-state index < -0.39 is 6.10 Å². The van der Waals surface area contributed by atoms with Crippen molar-refractivity contribution in [3.05, 3.63) is 59.7 Å². The van der Waals surface area contributed by atoms with Crippen LogP contribution in [0.25, 0.3) is 0 Å². The van der Waals surface area contributed by atoms with Crippen LogP contribution >= 0.6 is 0 Å². The van der Waals surface area contributed by atoms with Crippen molar-refractivity contribution in [2.75, 3.05) is 26.3 Å². The molecule has 0 saturated carbocycles. The molecule has 0 spiro atoms. The number of aromatic hydroxyl groups is 1. The van der Waals surface area contributed by atoms with E-state index in [-0.39, 0.29) is 36.5 Å². The molecule has 0 bridgehead atoms. The molecule has 1 aromatic carbocycles. The molecule has 0 amide bonds. The van der Waals surface area contributed by atoms with Crippen molar-refractivity contribution in [1.29, 1.82) is 0 Å². The third-order valence-corrected chi connectivity index (χ3v) is 7.69. The van der Waals surface area contributed by atoms with E-state index in [1.165, 1.54) is 12.8 Å². The Morgan fingerprint density at radius 2 is 2.00 bits per heavy atom. The Labute approximate surface area is 246 Å². The number of aliphatic hydroxyl groups is 2. The Hall–Kier alpha value is -2.65. The van der Waals surface area contributed by atoms with E-state index in [1.807, 2.05) is 25.3 Å². The van der Waals surface area contributed by atoms with Gasteiger partial charge in [0, 0.05) is 25.3 Å². The van der Waals surface area contributed by atoms with Gasteiger partial charge in [0.1, 0.15) is 18.2 Å². The number of aliphatic hydroxyl groups excluding tert-OH is 2. The zero-order chi connectivity index (χ0) is 29.6. The van der Waals surface area contributed by atoms with Crippen LogP contribution < -0.4 is 15.4 Å². The molecular formula is C33H51N3O5. The standard InChI is InChI=1S/C33H51N3O5/c1-5-7-9-27-14-15-28(41-27)13-11-25-12-16-32(39)33(18-25)40-22-31(34-6-2)30-19-26(21-36-30)24(4)29(10-8-17-37)35-20-23(3)38/h12,14-16,18-19,21,23-24,27,29,31,34-35,37-39H,5-11,13,17,20,22H2,1-4H3/t23-,24-,27?,29-,31-/m0/s1. The van der Waals surface area contributed by atoms with Gasteiger partial charge in [-0.05, 0) is 63.8 Å². The fourth-order valence-electron chi connectivity index (χ4n) is 5.18. The van der Waals surface area contributed by atoms with Crippen LogP contribution in [0.1, 0.15) is 71.8 Å². The number of aliphatic imine (C=N–C) groups is 1. The van der Waals surface area contributed by atoms with E-state index in [2.05, 4.69) is 43.1 Å². The van der Waals surface area contributed by atoms with Crippen LogP contribution in [0.4, 0.5) is 0 Å². The molecule has 2 heterocycles. The maximum Gasteiger partial charge on any atom is 0.176 e. The maximum atomic E-state index is 10.5. The highest BCUT2D eigenvalue weighted by molar-refractivity contribution is 5.84. The van der Waals surface area contributed by atoms with Gasteiger partial charge in [-0.15, -0.1) is 4.99 Å². The van der Waals surface area contributed by atoms with Crippen LogP contribution in [0, 0.1) is 18.4 Å². The summed E-state index contributed by atoms with van der Waals surface area (Å²) in [7, 11) is 0. The Morgan fingerprint density at radius 3 is 2.73 bits per heavy atom. The number of nitrogens with zero attached hydrogens (tertiary/aromatic N) is 1. The highest BCUT2D eigenvalue weighted by Crippen LogP contribution is 2.31. The van der Waals surface area contributed by atoms with Crippen LogP contribution in [0.5, 0.6) is 11.5 Å². The Balaban J connectivity index is 1.57. The van der Waals surface area contributed by atoms with Gasteiger partial charge in [0.05, 0.1) is 18.1 Å². The molecule has 228 valence electrons. The minimum atomic E-state index is -0.438. The number of likely N-dealkylation sites (N-methyl/N-ethyl adjacent to an activating group) is 1. The third-order valence-electron chi connectivity index (χ3n) is 7.69. The Bertz CT molecular complexity index is 1010. The second-order valence-electron chi connectivity index (χ2n) is 11.2. The van der Waals surface area contributed by atoms with Crippen LogP contribution in [0.3, 0.4) is 0 Å². The largest absolute Gasteiger partial charge is 0.592 e. The van der Waals surface area contributed by atoms with Gasteiger partial charge >= 0.3 is 0 Å². The van der Waals surface area contributed by atoms with Crippen LogP contribution in [-0.4, -0.2) is 72.1 Å². The molecule has 8 nitrogen and oxygen atoms in total. The number of phenols is 1. The first-order valence-electron chi connectivity index (χ1n) is 15.4. The smallest absolute Gasteiger partial charge is 0.176 e. The molecule has 2 aliphatic heterocycles. The number of hydrogen-bond donors (Lipinski definition) is 5. The molecule has 0 fully saturated rings. The Kier molecular flexibility index (Phi) is 13.9. The topological polar surface area (TPSA) is 116 Å². The van der Waals surface area contributed by atoms with Crippen molar-refractivity contribution < 1.29 is 24.8 Å². The number of allylic oxidation sites excluding steroid dienone is 1. The fraction of sp³-hybridized carbons (Fsp3) is 0.606. The van der Waals surface area contributed by atoms with E-state index in [0.29, 0.717) is 25.3 Å². The number of ether oxygens (including phenoxy) is 2. The summed E-state index contributed by atoms with van der Waals surface area (Å²) in [5, 5.41) is 36.5. The highest BCUT2D eigenvalue weighted by atomic mass is 16.5. The van der Waals surface area contributed by atoms with E-state index in [1.54, 1.807) is 13.0 Å². The number of phenolic OH excluding ortho intramolecular Hbond substituents is 1. The van der Waals surface area contributed by atoms with Crippen molar-refractivity contribution in [1.82, 2.24) is 10.6 Å². The molecule has 5 atom stereocenters. The molecule has 0 aromatic heterocycles. The molecular weight excluding hydrogens is 518 g/mol. The van der Waals surface area contributed by atoms with Crippen molar-refractivity contribution >= 4 is 6.21 Å². The number of benzene rings is 1. The lowest BCUT2D eigenvalue weighted by Crippen LogP contribution is -2.40. The van der Waals surface area contributed by atoms with Gasteiger partial charge in [-0.3, -0.25) is 5.32 Å². The van der Waals surface area contributed by atoms with Gasteiger partial charge in [0.15, 0.2) is 23.8 Å². The lowest BCUT2D eigenvalue weighted by Gasteiger charge is -2.23. The van der Waals surface area contributed by atoms with E-state index in [9.17, 15) is 15.3 Å². The first kappa shape index (κ1) is 32.9.